The van der Waals surface area contributed by atoms with E-state index in [1.165, 1.54) is 94.8 Å². The third-order valence-corrected chi connectivity index (χ3v) is 15.0. The number of hydrogen-bond donors (Lipinski definition) is 0. The van der Waals surface area contributed by atoms with Crippen molar-refractivity contribution in [3.05, 3.63) is 276 Å². The molecular formula is C65H48N2. The summed E-state index contributed by atoms with van der Waals surface area (Å²) < 4.78 is 0. The Balaban J connectivity index is 0.971. The predicted molar refractivity (Wildman–Crippen MR) is 280 cm³/mol. The van der Waals surface area contributed by atoms with Gasteiger partial charge in [-0.3, -0.25) is 0 Å². The molecule has 3 aliphatic rings. The second-order valence-corrected chi connectivity index (χ2v) is 18.9. The third kappa shape index (κ3) is 5.69. The van der Waals surface area contributed by atoms with Gasteiger partial charge >= 0.3 is 0 Å². The van der Waals surface area contributed by atoms with Crippen LogP contribution in [0.2, 0.25) is 0 Å². The standard InChI is InChI=1S/C65H48N2/c1-43-18-7-16-30-61(43)66(46-19-5-4-6-20-46)47-36-32-44(33-37-47)45-34-38-48(39-35-45)67(49-40-41-53-50-21-8-12-25-55(50)64(2,3)60(53)42-49)62-31-17-29-59-63(62)54-24-11-15-28-58(54)65(59)56-26-13-9-22-51(56)52-23-10-14-27-57(52)65/h4-42H,1-3H3. The minimum Gasteiger partial charge on any atom is -0.310 e. The van der Waals surface area contributed by atoms with Crippen molar-refractivity contribution < 1.29 is 0 Å². The van der Waals surface area contributed by atoms with Gasteiger partial charge in [-0.15, -0.1) is 0 Å². The summed E-state index contributed by atoms with van der Waals surface area (Å²) in [7, 11) is 0. The second kappa shape index (κ2) is 14.9. The number of para-hydroxylation sites is 2. The van der Waals surface area contributed by atoms with Gasteiger partial charge in [-0.1, -0.05) is 190 Å². The van der Waals surface area contributed by atoms with E-state index in [-0.39, 0.29) is 5.41 Å². The number of hydrogen-bond acceptors (Lipinski definition) is 2. The van der Waals surface area contributed by atoms with E-state index in [0.29, 0.717) is 0 Å². The summed E-state index contributed by atoms with van der Waals surface area (Å²) in [4.78, 5) is 4.87. The van der Waals surface area contributed by atoms with Crippen LogP contribution < -0.4 is 9.80 Å². The minimum absolute atomic E-state index is 0.147. The van der Waals surface area contributed by atoms with Gasteiger partial charge in [0.05, 0.1) is 11.1 Å². The lowest BCUT2D eigenvalue weighted by Crippen LogP contribution is -2.26. The van der Waals surface area contributed by atoms with E-state index in [2.05, 4.69) is 267 Å². The fourth-order valence-electron chi connectivity index (χ4n) is 12.0. The Hall–Kier alpha value is -8.20. The van der Waals surface area contributed by atoms with Gasteiger partial charge in [0, 0.05) is 39.4 Å². The molecule has 3 aliphatic carbocycles. The molecule has 0 N–H and O–H groups in total. The first kappa shape index (κ1) is 39.2. The summed E-state index contributed by atoms with van der Waals surface area (Å²) in [5.41, 5.74) is 25.8. The van der Waals surface area contributed by atoms with E-state index >= 15 is 0 Å². The fraction of sp³-hybridized carbons (Fsp3) is 0.0769. The highest BCUT2D eigenvalue weighted by Gasteiger charge is 2.52. The van der Waals surface area contributed by atoms with Crippen molar-refractivity contribution in [1.29, 1.82) is 0 Å². The van der Waals surface area contributed by atoms with Crippen LogP contribution in [-0.4, -0.2) is 0 Å². The average Bonchev–Trinajstić information content (AvgIpc) is 3.94. The molecule has 0 heterocycles. The molecular weight excluding hydrogens is 809 g/mol. The van der Waals surface area contributed by atoms with Crippen LogP contribution in [0, 0.1) is 6.92 Å². The fourth-order valence-corrected chi connectivity index (χ4v) is 12.0. The van der Waals surface area contributed by atoms with Crippen LogP contribution >= 0.6 is 0 Å². The molecule has 2 heteroatoms. The van der Waals surface area contributed by atoms with Crippen LogP contribution in [0.25, 0.3) is 44.5 Å². The van der Waals surface area contributed by atoms with Crippen LogP contribution in [0.4, 0.5) is 34.1 Å². The summed E-state index contributed by atoms with van der Waals surface area (Å²) in [6.45, 7) is 6.93. The lowest BCUT2D eigenvalue weighted by Gasteiger charge is -2.32. The van der Waals surface area contributed by atoms with Crippen molar-refractivity contribution in [2.24, 2.45) is 0 Å². The van der Waals surface area contributed by atoms with E-state index in [1.54, 1.807) is 0 Å². The van der Waals surface area contributed by atoms with Gasteiger partial charge in [0.1, 0.15) is 0 Å². The molecule has 318 valence electrons. The van der Waals surface area contributed by atoms with Crippen molar-refractivity contribution >= 4 is 34.1 Å². The Bertz CT molecular complexity index is 3520. The summed E-state index contributed by atoms with van der Waals surface area (Å²) in [5.74, 6) is 0. The summed E-state index contributed by atoms with van der Waals surface area (Å²) in [6, 6.07) is 87.9. The molecule has 0 amide bonds. The Kier molecular flexibility index (Phi) is 8.73. The largest absolute Gasteiger partial charge is 0.310 e. The van der Waals surface area contributed by atoms with Crippen molar-refractivity contribution in [2.45, 2.75) is 31.6 Å². The van der Waals surface area contributed by atoms with Gasteiger partial charge in [0.25, 0.3) is 0 Å². The number of rotatable bonds is 7. The Morgan fingerprint density at radius 2 is 0.716 bits per heavy atom. The molecule has 0 saturated heterocycles. The lowest BCUT2D eigenvalue weighted by atomic mass is 9.70. The molecule has 2 nitrogen and oxygen atoms in total. The molecule has 67 heavy (non-hydrogen) atoms. The summed E-state index contributed by atoms with van der Waals surface area (Å²) in [5, 5.41) is 0. The molecule has 0 unspecified atom stereocenters. The normalized spacial score (nSPS) is 13.8. The zero-order valence-electron chi connectivity index (χ0n) is 37.9. The highest BCUT2D eigenvalue weighted by molar-refractivity contribution is 6.01. The van der Waals surface area contributed by atoms with Crippen LogP contribution in [0.5, 0.6) is 0 Å². The van der Waals surface area contributed by atoms with Crippen LogP contribution in [0.15, 0.2) is 237 Å². The Morgan fingerprint density at radius 3 is 1.33 bits per heavy atom. The molecule has 0 fully saturated rings. The van der Waals surface area contributed by atoms with Gasteiger partial charge in [-0.25, -0.2) is 0 Å². The highest BCUT2D eigenvalue weighted by atomic mass is 15.2. The third-order valence-electron chi connectivity index (χ3n) is 15.0. The maximum Gasteiger partial charge on any atom is 0.0726 e. The number of benzene rings is 10. The minimum atomic E-state index is -0.437. The molecule has 13 rings (SSSR count). The van der Waals surface area contributed by atoms with Crippen LogP contribution in [0.1, 0.15) is 52.8 Å². The Morgan fingerprint density at radius 1 is 0.299 bits per heavy atom. The van der Waals surface area contributed by atoms with Crippen molar-refractivity contribution in [3.63, 3.8) is 0 Å². The van der Waals surface area contributed by atoms with Crippen molar-refractivity contribution in [3.8, 4) is 44.5 Å². The second-order valence-electron chi connectivity index (χ2n) is 18.9. The van der Waals surface area contributed by atoms with Crippen LogP contribution in [0.3, 0.4) is 0 Å². The average molecular weight is 857 g/mol. The first-order chi connectivity index (χ1) is 32.9. The van der Waals surface area contributed by atoms with E-state index in [0.717, 1.165) is 22.7 Å². The predicted octanol–water partition coefficient (Wildman–Crippen LogP) is 17.3. The van der Waals surface area contributed by atoms with Gasteiger partial charge in [-0.05, 0) is 145 Å². The topological polar surface area (TPSA) is 6.48 Å². The number of fused-ring (bicyclic) bond motifs is 13. The smallest absolute Gasteiger partial charge is 0.0726 e. The lowest BCUT2D eigenvalue weighted by molar-refractivity contribution is 0.660. The van der Waals surface area contributed by atoms with Gasteiger partial charge in [0.2, 0.25) is 0 Å². The van der Waals surface area contributed by atoms with Crippen LogP contribution in [-0.2, 0) is 10.8 Å². The quantitative estimate of drug-likeness (QED) is 0.158. The van der Waals surface area contributed by atoms with Gasteiger partial charge in [0.15, 0.2) is 0 Å². The van der Waals surface area contributed by atoms with Gasteiger partial charge < -0.3 is 9.80 Å². The maximum absolute atomic E-state index is 2.52. The molecule has 0 aliphatic heterocycles. The first-order valence-electron chi connectivity index (χ1n) is 23.5. The number of nitrogens with zero attached hydrogens (tertiary/aromatic N) is 2. The molecule has 0 bridgehead atoms. The molecule has 10 aromatic carbocycles. The van der Waals surface area contributed by atoms with Gasteiger partial charge in [-0.2, -0.15) is 0 Å². The zero-order chi connectivity index (χ0) is 44.9. The SMILES string of the molecule is Cc1ccccc1N(c1ccccc1)c1ccc(-c2ccc(N(c3ccc4c(c3)C(C)(C)c3ccccc3-4)c3cccc4c3-c3ccccc3C43c4ccccc4-c4ccccc43)cc2)cc1. The molecule has 0 saturated carbocycles. The molecule has 1 spiro atoms. The highest BCUT2D eigenvalue weighted by Crippen LogP contribution is 2.65. The zero-order valence-corrected chi connectivity index (χ0v) is 37.9. The van der Waals surface area contributed by atoms with E-state index < -0.39 is 5.41 Å². The van der Waals surface area contributed by atoms with E-state index in [9.17, 15) is 0 Å². The first-order valence-corrected chi connectivity index (χ1v) is 23.5. The molecule has 0 aromatic heterocycles. The molecule has 0 radical (unpaired) electrons. The van der Waals surface area contributed by atoms with Crippen molar-refractivity contribution in [2.75, 3.05) is 9.80 Å². The van der Waals surface area contributed by atoms with Crippen molar-refractivity contribution in [1.82, 2.24) is 0 Å². The monoisotopic (exact) mass is 856 g/mol. The maximum atomic E-state index is 2.52. The summed E-state index contributed by atoms with van der Waals surface area (Å²) in [6.07, 6.45) is 0. The Labute approximate surface area is 393 Å². The van der Waals surface area contributed by atoms with E-state index in [1.807, 2.05) is 0 Å². The number of anilines is 6. The summed E-state index contributed by atoms with van der Waals surface area (Å²) >= 11 is 0. The number of aryl methyl sites for hydroxylation is 1. The molecule has 10 aromatic rings. The van der Waals surface area contributed by atoms with E-state index in [4.69, 9.17) is 0 Å². The molecule has 0 atom stereocenters.